The lowest BCUT2D eigenvalue weighted by atomic mass is 10.6. The second-order valence-corrected chi connectivity index (χ2v) is 3.58. The summed E-state index contributed by atoms with van der Waals surface area (Å²) in [6, 6.07) is 0. The van der Waals surface area contributed by atoms with Gasteiger partial charge in [0.05, 0.1) is 6.20 Å². The average Bonchev–Trinajstić information content (AvgIpc) is 2.77. The summed E-state index contributed by atoms with van der Waals surface area (Å²) in [6.45, 7) is 0.0246. The second-order valence-electron chi connectivity index (χ2n) is 2.69. The third-order valence-electron chi connectivity index (χ3n) is 1.52. The van der Waals surface area contributed by atoms with E-state index in [0.29, 0.717) is 5.13 Å². The van der Waals surface area contributed by atoms with Crippen LogP contribution in [0, 0.1) is 0 Å². The van der Waals surface area contributed by atoms with Gasteiger partial charge in [0.15, 0.2) is 10.9 Å². The van der Waals surface area contributed by atoms with Crippen LogP contribution in [0.1, 0.15) is 0 Å². The molecule has 0 saturated carbocycles. The van der Waals surface area contributed by atoms with Gasteiger partial charge >= 0.3 is 0 Å². The summed E-state index contributed by atoms with van der Waals surface area (Å²) in [6.07, 6.45) is 3.00. The lowest BCUT2D eigenvalue weighted by Gasteiger charge is -1.99. The van der Waals surface area contributed by atoms with Crippen molar-refractivity contribution in [2.24, 2.45) is 0 Å². The fourth-order valence-electron chi connectivity index (χ4n) is 0.959. The van der Waals surface area contributed by atoms with Crippen molar-refractivity contribution in [2.75, 3.05) is 11.1 Å². The Kier molecular flexibility index (Phi) is 2.59. The van der Waals surface area contributed by atoms with E-state index in [1.807, 2.05) is 0 Å². The molecule has 0 aliphatic rings. The van der Waals surface area contributed by atoms with Gasteiger partial charge in [-0.1, -0.05) is 0 Å². The zero-order chi connectivity index (χ0) is 10.7. The van der Waals surface area contributed by atoms with E-state index in [9.17, 15) is 4.79 Å². The third-order valence-corrected chi connectivity index (χ3v) is 2.21. The van der Waals surface area contributed by atoms with Gasteiger partial charge in [-0.25, -0.2) is 4.98 Å². The molecule has 0 bridgehead atoms. The Balaban J connectivity index is 1.93. The lowest BCUT2D eigenvalue weighted by Crippen LogP contribution is -2.20. The molecule has 0 aliphatic heterocycles. The van der Waals surface area contributed by atoms with Crippen molar-refractivity contribution in [3.63, 3.8) is 0 Å². The summed E-state index contributed by atoms with van der Waals surface area (Å²) in [7, 11) is 0. The highest BCUT2D eigenvalue weighted by Gasteiger charge is 2.06. The minimum absolute atomic E-state index is 0.0246. The molecule has 0 atom stereocenters. The number of nitrogens with two attached hydrogens (primary N) is 1. The van der Waals surface area contributed by atoms with Gasteiger partial charge < -0.3 is 11.1 Å². The molecular formula is C7H8N6OS. The number of rotatable bonds is 3. The predicted molar refractivity (Wildman–Crippen MR) is 55.2 cm³/mol. The number of thiazole rings is 1. The van der Waals surface area contributed by atoms with Crippen LogP contribution in [-0.2, 0) is 11.3 Å². The Hall–Kier alpha value is -1.96. The summed E-state index contributed by atoms with van der Waals surface area (Å²) in [4.78, 5) is 16.5. The number of hydrogen-bond donors (Lipinski definition) is 2. The predicted octanol–water partition coefficient (Wildman–Crippen LogP) is -0.0445. The fourth-order valence-corrected chi connectivity index (χ4v) is 1.50. The van der Waals surface area contributed by atoms with Crippen LogP contribution in [0.15, 0.2) is 17.8 Å². The fraction of sp³-hybridized carbons (Fsp3) is 0.143. The molecule has 0 unspecified atom stereocenters. The first-order chi connectivity index (χ1) is 7.24. The Labute approximate surface area is 88.9 Å². The minimum Gasteiger partial charge on any atom is -0.381 e. The molecule has 15 heavy (non-hydrogen) atoms. The van der Waals surface area contributed by atoms with Crippen LogP contribution in [0.25, 0.3) is 0 Å². The highest BCUT2D eigenvalue weighted by Crippen LogP contribution is 2.09. The maximum atomic E-state index is 11.4. The van der Waals surface area contributed by atoms with Crippen molar-refractivity contribution < 1.29 is 4.79 Å². The minimum atomic E-state index is -0.236. The number of anilines is 2. The van der Waals surface area contributed by atoms with Crippen molar-refractivity contribution in [3.05, 3.63) is 17.8 Å². The van der Waals surface area contributed by atoms with E-state index in [-0.39, 0.29) is 18.3 Å². The number of carbonyl (C=O) groups is 1. The van der Waals surface area contributed by atoms with Crippen molar-refractivity contribution in [2.45, 2.75) is 6.54 Å². The molecule has 7 nitrogen and oxygen atoms in total. The van der Waals surface area contributed by atoms with Crippen LogP contribution in [0.4, 0.5) is 10.9 Å². The Morgan fingerprint density at radius 3 is 3.13 bits per heavy atom. The van der Waals surface area contributed by atoms with Crippen LogP contribution >= 0.6 is 11.3 Å². The summed E-state index contributed by atoms with van der Waals surface area (Å²) in [5.74, 6) is 0.0533. The van der Waals surface area contributed by atoms with E-state index in [4.69, 9.17) is 5.73 Å². The van der Waals surface area contributed by atoms with E-state index in [1.54, 1.807) is 11.6 Å². The van der Waals surface area contributed by atoms with Crippen LogP contribution in [-0.4, -0.2) is 25.9 Å². The summed E-state index contributed by atoms with van der Waals surface area (Å²) in [5.41, 5.74) is 5.35. The molecule has 0 aromatic carbocycles. The number of nitrogens with one attached hydrogen (secondary N) is 1. The first kappa shape index (κ1) is 9.59. The van der Waals surface area contributed by atoms with Crippen molar-refractivity contribution in [3.8, 4) is 0 Å². The van der Waals surface area contributed by atoms with E-state index in [2.05, 4.69) is 20.5 Å². The van der Waals surface area contributed by atoms with Gasteiger partial charge in [0.25, 0.3) is 0 Å². The van der Waals surface area contributed by atoms with E-state index in [0.717, 1.165) is 0 Å². The molecule has 0 aliphatic carbocycles. The lowest BCUT2D eigenvalue weighted by molar-refractivity contribution is -0.117. The Bertz CT molecular complexity index is 450. The smallest absolute Gasteiger partial charge is 0.249 e. The van der Waals surface area contributed by atoms with Crippen LogP contribution < -0.4 is 11.1 Å². The third kappa shape index (κ3) is 2.50. The molecule has 2 aromatic rings. The summed E-state index contributed by atoms with van der Waals surface area (Å²) < 4.78 is 0. The topological polar surface area (TPSA) is 98.7 Å². The first-order valence-corrected chi connectivity index (χ1v) is 4.97. The summed E-state index contributed by atoms with van der Waals surface area (Å²) >= 11 is 1.35. The van der Waals surface area contributed by atoms with Gasteiger partial charge in [0, 0.05) is 11.6 Å². The van der Waals surface area contributed by atoms with Crippen LogP contribution in [0.5, 0.6) is 0 Å². The van der Waals surface area contributed by atoms with E-state index < -0.39 is 0 Å². The normalized spacial score (nSPS) is 10.1. The molecule has 2 rings (SSSR count). The highest BCUT2D eigenvalue weighted by molar-refractivity contribution is 7.13. The van der Waals surface area contributed by atoms with Gasteiger partial charge in [0.1, 0.15) is 6.54 Å². The largest absolute Gasteiger partial charge is 0.381 e. The number of nitrogens with zero attached hydrogens (tertiary/aromatic N) is 4. The molecule has 2 heterocycles. The number of hydrogen-bond acceptors (Lipinski definition) is 6. The molecule has 0 radical (unpaired) electrons. The van der Waals surface area contributed by atoms with E-state index in [1.165, 1.54) is 22.3 Å². The van der Waals surface area contributed by atoms with Crippen molar-refractivity contribution in [1.82, 2.24) is 20.0 Å². The number of nitrogen functional groups attached to an aromatic ring is 1. The zero-order valence-electron chi connectivity index (χ0n) is 7.62. The number of aromatic nitrogens is 4. The molecule has 0 spiro atoms. The van der Waals surface area contributed by atoms with Gasteiger partial charge in [-0.3, -0.25) is 4.79 Å². The van der Waals surface area contributed by atoms with E-state index >= 15 is 0 Å². The van der Waals surface area contributed by atoms with Crippen molar-refractivity contribution in [1.29, 1.82) is 0 Å². The number of amides is 1. The van der Waals surface area contributed by atoms with Crippen molar-refractivity contribution >= 4 is 28.2 Å². The molecule has 1 amide bonds. The molecule has 78 valence electrons. The quantitative estimate of drug-likeness (QED) is 0.761. The summed E-state index contributed by atoms with van der Waals surface area (Å²) in [5, 5.41) is 12.5. The molecule has 0 fully saturated rings. The van der Waals surface area contributed by atoms with Crippen LogP contribution in [0.2, 0.25) is 0 Å². The first-order valence-electron chi connectivity index (χ1n) is 4.09. The molecule has 8 heteroatoms. The van der Waals surface area contributed by atoms with Gasteiger partial charge in [-0.15, -0.1) is 16.4 Å². The molecule has 0 saturated heterocycles. The maximum Gasteiger partial charge on any atom is 0.249 e. The zero-order valence-corrected chi connectivity index (χ0v) is 8.44. The Morgan fingerprint density at radius 1 is 1.67 bits per heavy atom. The number of carbonyl (C=O) groups excluding carboxylic acids is 1. The highest BCUT2D eigenvalue weighted by atomic mass is 32.1. The molecule has 3 N–H and O–H groups in total. The van der Waals surface area contributed by atoms with Gasteiger partial charge in [-0.2, -0.15) is 9.90 Å². The van der Waals surface area contributed by atoms with Gasteiger partial charge in [-0.05, 0) is 0 Å². The van der Waals surface area contributed by atoms with Gasteiger partial charge in [0.2, 0.25) is 5.91 Å². The second kappa shape index (κ2) is 4.05. The molecular weight excluding hydrogens is 216 g/mol. The molecule has 2 aromatic heterocycles. The van der Waals surface area contributed by atoms with Crippen LogP contribution in [0.3, 0.4) is 0 Å². The average molecular weight is 224 g/mol. The standard InChI is InChI=1S/C7H8N6OS/c8-5-3-10-13(12-5)4-6(14)11-7-9-1-2-15-7/h1-3H,4H2,(H2,8,12)(H,9,11,14). The monoisotopic (exact) mass is 224 g/mol. The SMILES string of the molecule is Nc1cnn(CC(=O)Nc2nccs2)n1. The maximum absolute atomic E-state index is 11.4. The Morgan fingerprint density at radius 2 is 2.53 bits per heavy atom.